The third kappa shape index (κ3) is 2.61. The van der Waals surface area contributed by atoms with Gasteiger partial charge in [-0.1, -0.05) is 0 Å². The van der Waals surface area contributed by atoms with E-state index in [1.165, 1.54) is 30.3 Å². The lowest BCUT2D eigenvalue weighted by atomic mass is 10.1. The maximum Gasteiger partial charge on any atom is 0.338 e. The second kappa shape index (κ2) is 5.68. The number of amides is 1. The summed E-state index contributed by atoms with van der Waals surface area (Å²) in [7, 11) is 1.30. The van der Waals surface area contributed by atoms with Crippen molar-refractivity contribution < 1.29 is 24.2 Å². The first-order valence-electron chi connectivity index (χ1n) is 6.10. The highest BCUT2D eigenvalue weighted by molar-refractivity contribution is 6.03. The van der Waals surface area contributed by atoms with Crippen LogP contribution in [-0.4, -0.2) is 53.0 Å². The Morgan fingerprint density at radius 3 is 2.85 bits per heavy atom. The van der Waals surface area contributed by atoms with Crippen LogP contribution >= 0.6 is 0 Å². The average molecular weight is 278 g/mol. The number of aromatic carboxylic acids is 1. The molecule has 0 spiro atoms. The summed E-state index contributed by atoms with van der Waals surface area (Å²) in [4.78, 5) is 40.0. The van der Waals surface area contributed by atoms with Crippen LogP contribution in [0.1, 0.15) is 27.3 Å². The van der Waals surface area contributed by atoms with Gasteiger partial charge in [-0.3, -0.25) is 14.6 Å². The van der Waals surface area contributed by atoms with E-state index in [1.807, 2.05) is 0 Å². The van der Waals surface area contributed by atoms with Gasteiger partial charge < -0.3 is 14.7 Å². The van der Waals surface area contributed by atoms with E-state index in [-0.39, 0.29) is 29.7 Å². The number of methoxy groups -OCH3 is 1. The highest BCUT2D eigenvalue weighted by Gasteiger charge is 2.33. The van der Waals surface area contributed by atoms with Gasteiger partial charge in [0.1, 0.15) is 5.69 Å². The molecular formula is C13H14N2O5. The van der Waals surface area contributed by atoms with Crippen LogP contribution in [-0.2, 0) is 9.53 Å². The summed E-state index contributed by atoms with van der Waals surface area (Å²) in [5.74, 6) is -2.40. The maximum absolute atomic E-state index is 12.3. The number of rotatable bonds is 3. The number of likely N-dealkylation sites (tertiary alicyclic amines) is 1. The number of ether oxygens (including phenoxy) is 1. The molecule has 1 saturated heterocycles. The smallest absolute Gasteiger partial charge is 0.338 e. The molecule has 0 aliphatic carbocycles. The molecule has 1 atom stereocenters. The van der Waals surface area contributed by atoms with Gasteiger partial charge in [0.05, 0.1) is 18.6 Å². The van der Waals surface area contributed by atoms with E-state index in [1.54, 1.807) is 0 Å². The Bertz CT molecular complexity index is 557. The molecule has 1 aliphatic rings. The van der Waals surface area contributed by atoms with Crippen molar-refractivity contribution >= 4 is 17.8 Å². The predicted octanol–water partition coefficient (Wildman–Crippen LogP) is 0.415. The molecule has 0 saturated carbocycles. The Balaban J connectivity index is 2.17. The Morgan fingerprint density at radius 1 is 1.45 bits per heavy atom. The van der Waals surface area contributed by atoms with Gasteiger partial charge in [-0.25, -0.2) is 4.79 Å². The monoisotopic (exact) mass is 278 g/mol. The first kappa shape index (κ1) is 14.0. The molecule has 1 N–H and O–H groups in total. The number of pyridine rings is 1. The molecule has 20 heavy (non-hydrogen) atoms. The quantitative estimate of drug-likeness (QED) is 0.805. The van der Waals surface area contributed by atoms with E-state index in [0.29, 0.717) is 13.0 Å². The normalized spacial score (nSPS) is 17.9. The summed E-state index contributed by atoms with van der Waals surface area (Å²) >= 11 is 0. The van der Waals surface area contributed by atoms with Crippen LogP contribution in [0.25, 0.3) is 0 Å². The van der Waals surface area contributed by atoms with E-state index in [0.717, 1.165) is 0 Å². The van der Waals surface area contributed by atoms with Gasteiger partial charge in [-0.05, 0) is 18.6 Å². The maximum atomic E-state index is 12.3. The number of hydrogen-bond acceptors (Lipinski definition) is 5. The Labute approximate surface area is 115 Å². The standard InChI is InChI=1S/C13H14N2O5/c1-20-13(19)8-4-6-15(7-8)11(16)10-9(12(17)18)3-2-5-14-10/h2-3,5,8H,4,6-7H2,1H3,(H,17,18). The lowest BCUT2D eigenvalue weighted by Gasteiger charge is -2.16. The Kier molecular flexibility index (Phi) is 3.97. The van der Waals surface area contributed by atoms with Gasteiger partial charge in [-0.15, -0.1) is 0 Å². The van der Waals surface area contributed by atoms with Gasteiger partial charge >= 0.3 is 11.9 Å². The number of nitrogens with zero attached hydrogens (tertiary/aromatic N) is 2. The fraction of sp³-hybridized carbons (Fsp3) is 0.385. The van der Waals surface area contributed by atoms with Crippen molar-refractivity contribution in [1.29, 1.82) is 0 Å². The van der Waals surface area contributed by atoms with Crippen LogP contribution in [0.4, 0.5) is 0 Å². The van der Waals surface area contributed by atoms with E-state index in [2.05, 4.69) is 9.72 Å². The van der Waals surface area contributed by atoms with Crippen LogP contribution in [0.2, 0.25) is 0 Å². The van der Waals surface area contributed by atoms with Crippen molar-refractivity contribution in [3.8, 4) is 0 Å². The van der Waals surface area contributed by atoms with Gasteiger partial charge in [0.15, 0.2) is 0 Å². The molecule has 2 rings (SSSR count). The molecule has 0 bridgehead atoms. The molecule has 2 heterocycles. The fourth-order valence-electron chi connectivity index (χ4n) is 2.20. The second-order valence-electron chi connectivity index (χ2n) is 4.46. The molecule has 1 aromatic rings. The van der Waals surface area contributed by atoms with Gasteiger partial charge in [0.25, 0.3) is 5.91 Å². The molecule has 106 valence electrons. The van der Waals surface area contributed by atoms with Gasteiger partial charge in [-0.2, -0.15) is 0 Å². The predicted molar refractivity (Wildman–Crippen MR) is 67.2 cm³/mol. The first-order chi connectivity index (χ1) is 9.54. The SMILES string of the molecule is COC(=O)C1CCN(C(=O)c2ncccc2C(=O)O)C1. The van der Waals surface area contributed by atoms with Crippen molar-refractivity contribution in [1.82, 2.24) is 9.88 Å². The number of carboxylic acid groups (broad SMARTS) is 1. The van der Waals surface area contributed by atoms with Crippen molar-refractivity contribution in [3.63, 3.8) is 0 Å². The van der Waals surface area contributed by atoms with Crippen molar-refractivity contribution in [2.24, 2.45) is 5.92 Å². The summed E-state index contributed by atoms with van der Waals surface area (Å²) in [5, 5.41) is 9.05. The Hall–Kier alpha value is -2.44. The topological polar surface area (TPSA) is 96.8 Å². The second-order valence-corrected chi connectivity index (χ2v) is 4.46. The number of carboxylic acids is 1. The summed E-state index contributed by atoms with van der Waals surface area (Å²) < 4.78 is 4.64. The van der Waals surface area contributed by atoms with Crippen LogP contribution in [0, 0.1) is 5.92 Å². The largest absolute Gasteiger partial charge is 0.478 e. The lowest BCUT2D eigenvalue weighted by molar-refractivity contribution is -0.144. The van der Waals surface area contributed by atoms with Gasteiger partial charge in [0.2, 0.25) is 0 Å². The lowest BCUT2D eigenvalue weighted by Crippen LogP contribution is -2.32. The molecule has 7 heteroatoms. The molecule has 1 unspecified atom stereocenters. The molecular weight excluding hydrogens is 264 g/mol. The molecule has 0 aromatic carbocycles. The summed E-state index contributed by atoms with van der Waals surface area (Å²) in [6.07, 6.45) is 1.88. The highest BCUT2D eigenvalue weighted by Crippen LogP contribution is 2.20. The van der Waals surface area contributed by atoms with Crippen molar-refractivity contribution in [2.45, 2.75) is 6.42 Å². The zero-order chi connectivity index (χ0) is 14.7. The molecule has 7 nitrogen and oxygen atoms in total. The molecule has 1 aromatic heterocycles. The van der Waals surface area contributed by atoms with E-state index in [9.17, 15) is 14.4 Å². The summed E-state index contributed by atoms with van der Waals surface area (Å²) in [6, 6.07) is 2.79. The third-order valence-electron chi connectivity index (χ3n) is 3.25. The average Bonchev–Trinajstić information content (AvgIpc) is 2.95. The van der Waals surface area contributed by atoms with Crippen LogP contribution < -0.4 is 0 Å². The first-order valence-corrected chi connectivity index (χ1v) is 6.10. The number of carbonyl (C=O) groups excluding carboxylic acids is 2. The van der Waals surface area contributed by atoms with Crippen molar-refractivity contribution in [2.75, 3.05) is 20.2 Å². The number of esters is 1. The third-order valence-corrected chi connectivity index (χ3v) is 3.25. The van der Waals surface area contributed by atoms with Crippen LogP contribution in [0.3, 0.4) is 0 Å². The molecule has 1 amide bonds. The minimum atomic E-state index is -1.20. The number of aromatic nitrogens is 1. The number of hydrogen-bond donors (Lipinski definition) is 1. The summed E-state index contributed by atoms with van der Waals surface area (Å²) in [5.41, 5.74) is -0.246. The number of carbonyl (C=O) groups is 3. The zero-order valence-corrected chi connectivity index (χ0v) is 10.9. The van der Waals surface area contributed by atoms with E-state index in [4.69, 9.17) is 5.11 Å². The molecule has 0 radical (unpaired) electrons. The minimum absolute atomic E-state index is 0.106. The van der Waals surface area contributed by atoms with E-state index < -0.39 is 11.9 Å². The fourth-order valence-corrected chi connectivity index (χ4v) is 2.20. The van der Waals surface area contributed by atoms with Gasteiger partial charge in [0, 0.05) is 19.3 Å². The molecule has 1 aliphatic heterocycles. The summed E-state index contributed by atoms with van der Waals surface area (Å²) in [6.45, 7) is 0.607. The van der Waals surface area contributed by atoms with Crippen molar-refractivity contribution in [3.05, 3.63) is 29.6 Å². The Morgan fingerprint density at radius 2 is 2.20 bits per heavy atom. The minimum Gasteiger partial charge on any atom is -0.478 e. The van der Waals surface area contributed by atoms with E-state index >= 15 is 0 Å². The van der Waals surface area contributed by atoms with Crippen LogP contribution in [0.5, 0.6) is 0 Å². The molecule has 1 fully saturated rings. The zero-order valence-electron chi connectivity index (χ0n) is 10.9. The highest BCUT2D eigenvalue weighted by atomic mass is 16.5. The van der Waals surface area contributed by atoms with Crippen LogP contribution in [0.15, 0.2) is 18.3 Å².